The Balaban J connectivity index is 1.66. The number of aromatic nitrogens is 2. The van der Waals surface area contributed by atoms with Crippen LogP contribution in [0.25, 0.3) is 26.4 Å². The molecule has 5 aromatic rings. The SMILES string of the molecule is COc1cccc(-c2nc3sc4cc(C)ccc4n3c2C2C(=O)Oc3ccccc3C2O)c1. The predicted octanol–water partition coefficient (Wildman–Crippen LogP) is 5.27. The highest BCUT2D eigenvalue weighted by molar-refractivity contribution is 7.23. The molecule has 6 rings (SSSR count). The van der Waals surface area contributed by atoms with Gasteiger partial charge >= 0.3 is 5.97 Å². The third-order valence-electron chi connectivity index (χ3n) is 6.10. The first-order chi connectivity index (χ1) is 16.0. The van der Waals surface area contributed by atoms with Crippen molar-refractivity contribution in [1.29, 1.82) is 0 Å². The topological polar surface area (TPSA) is 73.1 Å². The molecule has 0 saturated heterocycles. The minimum absolute atomic E-state index is 0.390. The van der Waals surface area contributed by atoms with Gasteiger partial charge in [-0.05, 0) is 42.8 Å². The maximum atomic E-state index is 13.3. The second-order valence-corrected chi connectivity index (χ2v) is 9.16. The summed E-state index contributed by atoms with van der Waals surface area (Å²) < 4.78 is 14.1. The summed E-state index contributed by atoms with van der Waals surface area (Å²) in [7, 11) is 1.61. The number of aliphatic hydroxyl groups is 1. The Morgan fingerprint density at radius 3 is 2.79 bits per heavy atom. The number of aliphatic hydroxyl groups excluding tert-OH is 1. The molecule has 2 unspecified atom stereocenters. The Morgan fingerprint density at radius 2 is 1.94 bits per heavy atom. The van der Waals surface area contributed by atoms with E-state index < -0.39 is 18.0 Å². The van der Waals surface area contributed by atoms with E-state index in [2.05, 4.69) is 6.07 Å². The molecule has 3 aromatic carbocycles. The third kappa shape index (κ3) is 3.04. The monoisotopic (exact) mass is 456 g/mol. The number of rotatable bonds is 3. The summed E-state index contributed by atoms with van der Waals surface area (Å²) in [6.45, 7) is 2.05. The minimum Gasteiger partial charge on any atom is -0.497 e. The lowest BCUT2D eigenvalue weighted by atomic mass is 9.88. The highest BCUT2D eigenvalue weighted by Crippen LogP contribution is 2.46. The molecular formula is C26H20N2O4S. The van der Waals surface area contributed by atoms with Crippen LogP contribution in [0.4, 0.5) is 0 Å². The number of fused-ring (bicyclic) bond motifs is 4. The molecule has 2 atom stereocenters. The maximum absolute atomic E-state index is 13.3. The van der Waals surface area contributed by atoms with E-state index >= 15 is 0 Å². The first kappa shape index (κ1) is 20.0. The highest BCUT2D eigenvalue weighted by atomic mass is 32.1. The summed E-state index contributed by atoms with van der Waals surface area (Å²) in [5.41, 5.74) is 4.72. The minimum atomic E-state index is -1.06. The van der Waals surface area contributed by atoms with Crippen LogP contribution in [-0.2, 0) is 4.79 Å². The number of thiazole rings is 1. The fourth-order valence-electron chi connectivity index (χ4n) is 4.53. The van der Waals surface area contributed by atoms with E-state index in [-0.39, 0.29) is 0 Å². The van der Waals surface area contributed by atoms with Crippen molar-refractivity contribution in [1.82, 2.24) is 9.38 Å². The van der Waals surface area contributed by atoms with Crippen LogP contribution < -0.4 is 9.47 Å². The average Bonchev–Trinajstić information content (AvgIpc) is 3.35. The quantitative estimate of drug-likeness (QED) is 0.296. The zero-order chi connectivity index (χ0) is 22.7. The van der Waals surface area contributed by atoms with Gasteiger partial charge in [0.15, 0.2) is 4.96 Å². The van der Waals surface area contributed by atoms with Crippen LogP contribution in [0.5, 0.6) is 11.5 Å². The Hall–Kier alpha value is -3.68. The van der Waals surface area contributed by atoms with Gasteiger partial charge in [-0.1, -0.05) is 47.7 Å². The molecule has 164 valence electrons. The number of nitrogens with zero attached hydrogens (tertiary/aromatic N) is 2. The van der Waals surface area contributed by atoms with Crippen LogP contribution in [0, 0.1) is 6.92 Å². The number of hydrogen-bond donors (Lipinski definition) is 1. The van der Waals surface area contributed by atoms with Gasteiger partial charge < -0.3 is 14.6 Å². The predicted molar refractivity (Wildman–Crippen MR) is 127 cm³/mol. The Bertz CT molecular complexity index is 1550. The fourth-order valence-corrected chi connectivity index (χ4v) is 5.66. The average molecular weight is 457 g/mol. The number of para-hydroxylation sites is 1. The van der Waals surface area contributed by atoms with Gasteiger partial charge in [0, 0.05) is 11.1 Å². The summed E-state index contributed by atoms with van der Waals surface area (Å²) in [4.78, 5) is 19.0. The van der Waals surface area contributed by atoms with Crippen molar-refractivity contribution in [2.75, 3.05) is 7.11 Å². The van der Waals surface area contributed by atoms with E-state index in [1.807, 2.05) is 53.8 Å². The summed E-state index contributed by atoms with van der Waals surface area (Å²) in [5, 5.41) is 11.4. The number of imidazole rings is 1. The number of ether oxygens (including phenoxy) is 2. The largest absolute Gasteiger partial charge is 0.497 e. The number of esters is 1. The van der Waals surface area contributed by atoms with Gasteiger partial charge in [-0.2, -0.15) is 0 Å². The molecule has 33 heavy (non-hydrogen) atoms. The van der Waals surface area contributed by atoms with E-state index in [4.69, 9.17) is 14.5 Å². The number of carbonyl (C=O) groups is 1. The lowest BCUT2D eigenvalue weighted by molar-refractivity contribution is -0.141. The van der Waals surface area contributed by atoms with Crippen LogP contribution in [-0.4, -0.2) is 27.6 Å². The van der Waals surface area contributed by atoms with E-state index in [1.54, 1.807) is 36.6 Å². The molecule has 0 fully saturated rings. The third-order valence-corrected chi connectivity index (χ3v) is 7.10. The molecule has 0 amide bonds. The molecule has 0 radical (unpaired) electrons. The molecule has 1 N–H and O–H groups in total. The first-order valence-electron chi connectivity index (χ1n) is 10.6. The van der Waals surface area contributed by atoms with Crippen LogP contribution in [0.1, 0.15) is 28.8 Å². The van der Waals surface area contributed by atoms with Crippen molar-refractivity contribution in [2.45, 2.75) is 18.9 Å². The smallest absolute Gasteiger partial charge is 0.323 e. The normalized spacial score (nSPS) is 17.8. The number of benzene rings is 3. The van der Waals surface area contributed by atoms with Gasteiger partial charge in [0.05, 0.1) is 28.7 Å². The van der Waals surface area contributed by atoms with E-state index in [1.165, 1.54) is 0 Å². The van der Waals surface area contributed by atoms with Gasteiger partial charge in [0.2, 0.25) is 0 Å². The molecule has 0 aliphatic carbocycles. The number of aryl methyl sites for hydroxylation is 1. The van der Waals surface area contributed by atoms with Crippen LogP contribution in [0.3, 0.4) is 0 Å². The molecule has 7 heteroatoms. The second-order valence-electron chi connectivity index (χ2n) is 8.15. The summed E-state index contributed by atoms with van der Waals surface area (Å²) in [6, 6.07) is 20.8. The van der Waals surface area contributed by atoms with Gasteiger partial charge in [0.1, 0.15) is 23.5 Å². The first-order valence-corrected chi connectivity index (χ1v) is 11.4. The zero-order valence-corrected chi connectivity index (χ0v) is 18.8. The molecule has 1 aliphatic heterocycles. The van der Waals surface area contributed by atoms with Crippen molar-refractivity contribution in [3.63, 3.8) is 0 Å². The Labute approximate surface area is 193 Å². The van der Waals surface area contributed by atoms with Crippen molar-refractivity contribution in [2.24, 2.45) is 0 Å². The summed E-state index contributed by atoms with van der Waals surface area (Å²) in [5.74, 6) is -0.359. The number of carbonyl (C=O) groups excluding carboxylic acids is 1. The number of hydrogen-bond acceptors (Lipinski definition) is 6. The Kier molecular flexibility index (Phi) is 4.50. The molecule has 1 aliphatic rings. The van der Waals surface area contributed by atoms with Crippen molar-refractivity contribution < 1.29 is 19.4 Å². The molecule has 2 aromatic heterocycles. The molecule has 0 saturated carbocycles. The van der Waals surface area contributed by atoms with Gasteiger partial charge in [-0.15, -0.1) is 0 Å². The number of methoxy groups -OCH3 is 1. The molecule has 0 bridgehead atoms. The van der Waals surface area contributed by atoms with Crippen molar-refractivity contribution in [3.8, 4) is 22.8 Å². The molecule has 6 nitrogen and oxygen atoms in total. The van der Waals surface area contributed by atoms with Crippen LogP contribution >= 0.6 is 11.3 Å². The fraction of sp³-hybridized carbons (Fsp3) is 0.154. The summed E-state index contributed by atoms with van der Waals surface area (Å²) >= 11 is 1.55. The summed E-state index contributed by atoms with van der Waals surface area (Å²) in [6.07, 6.45) is -1.06. The van der Waals surface area contributed by atoms with E-state index in [0.717, 1.165) is 26.3 Å². The highest BCUT2D eigenvalue weighted by Gasteiger charge is 2.42. The van der Waals surface area contributed by atoms with Gasteiger partial charge in [-0.3, -0.25) is 9.20 Å². The molecule has 3 heterocycles. The van der Waals surface area contributed by atoms with Gasteiger partial charge in [-0.25, -0.2) is 4.98 Å². The van der Waals surface area contributed by atoms with Crippen LogP contribution in [0.2, 0.25) is 0 Å². The lowest BCUT2D eigenvalue weighted by Crippen LogP contribution is -2.31. The zero-order valence-electron chi connectivity index (χ0n) is 18.0. The lowest BCUT2D eigenvalue weighted by Gasteiger charge is -2.28. The van der Waals surface area contributed by atoms with Crippen molar-refractivity contribution in [3.05, 3.63) is 83.6 Å². The second kappa shape index (κ2) is 7.43. The van der Waals surface area contributed by atoms with Crippen LogP contribution in [0.15, 0.2) is 66.7 Å². The van der Waals surface area contributed by atoms with E-state index in [0.29, 0.717) is 28.5 Å². The standard InChI is InChI=1S/C26H20N2O4S/c1-14-10-11-18-20(12-14)33-26-27-22(15-6-5-7-16(13-15)31-2)23(28(18)26)21-24(29)17-8-3-4-9-19(17)32-25(21)30/h3-13,21,24,29H,1-2H3. The molecule has 0 spiro atoms. The van der Waals surface area contributed by atoms with Crippen molar-refractivity contribution >= 4 is 32.5 Å². The maximum Gasteiger partial charge on any atom is 0.323 e. The Morgan fingerprint density at radius 1 is 1.09 bits per heavy atom. The molecular weight excluding hydrogens is 436 g/mol. The van der Waals surface area contributed by atoms with Gasteiger partial charge in [0.25, 0.3) is 0 Å². The van der Waals surface area contributed by atoms with E-state index in [9.17, 15) is 9.90 Å².